The summed E-state index contributed by atoms with van der Waals surface area (Å²) < 4.78 is 193. The first-order valence-electron chi connectivity index (χ1n) is 50.7. The molecule has 4 heteroatoms. The van der Waals surface area contributed by atoms with Gasteiger partial charge in [0.05, 0.1) is 0 Å². The first-order chi connectivity index (χ1) is 60.9. The van der Waals surface area contributed by atoms with Gasteiger partial charge in [-0.3, -0.25) is 0 Å². The predicted octanol–water partition coefficient (Wildman–Crippen LogP) is 26.3. The number of hydrogen-bond acceptors (Lipinski definition) is 0. The molecule has 4 heterocycles. The second-order valence-electron chi connectivity index (χ2n) is 33.7. The van der Waals surface area contributed by atoms with E-state index < -0.39 is 76.0 Å². The van der Waals surface area contributed by atoms with Gasteiger partial charge < -0.3 is 0 Å². The summed E-state index contributed by atoms with van der Waals surface area (Å²) in [5, 5.41) is 0. The molecule has 7 aromatic carbocycles. The van der Waals surface area contributed by atoms with Crippen molar-refractivity contribution >= 4 is 0 Å². The molecule has 0 atom stereocenters. The lowest BCUT2D eigenvalue weighted by molar-refractivity contribution is -0.661. The third-order valence-corrected chi connectivity index (χ3v) is 20.7. The molecule has 0 N–H and O–H groups in total. The highest BCUT2D eigenvalue weighted by Gasteiger charge is 2.28. The molecule has 13 rings (SSSR count). The molecular weight excluding hydrogens is 1330 g/mol. The van der Waals surface area contributed by atoms with E-state index in [1.807, 2.05) is 195 Å². The molecule has 0 bridgehead atoms. The van der Waals surface area contributed by atoms with Crippen LogP contribution in [-0.2, 0) is 60.1 Å². The van der Waals surface area contributed by atoms with Gasteiger partial charge in [-0.1, -0.05) is 230 Å². The van der Waals surface area contributed by atoms with Crippen molar-refractivity contribution < 1.29 is 48.4 Å². The standard InChI is InChI=1S/C30H40N.C28H36N.C25H30N.C23H30N/c1-21-15-22(2)27(17-26(21)23-13-11-10-12-14-23)28-16-24(18-29(3,4)5)25(20-31(28)9)19-30(6,7)8;1-19(2)13-24-16-28(29(7)18-25(24)14-20(3)4)27-17-26(21(5)15-22(27)6)23-11-9-8-10-12-23;1-17(2)12-22-14-25(26(6)16-20(22)5)24-15-23(18(3)13-19(24)4)21-10-8-7-9-11-21;1-17-15-20(18-7-3-4-8-18)11-13-22(17)23-14-12-21(16-24(23)2)19-9-5-6-10-19/h10-17,20H,18-19H2,1-9H3;8-12,15-20H,13-14H2,1-7H3;7-11,13-17H,12H2,1-6H3;11-16,18-19H,3-10H2,1-2H3/q4*+1/i1D3,18D2,19D2;5D3,13D2,14D2;3D3,5D3,12D2;. The molecule has 0 radical (unpaired) electrons. The van der Waals surface area contributed by atoms with Crippen LogP contribution in [0.2, 0.25) is 0 Å². The Hall–Kier alpha value is -8.86. The number of hydrogen-bond donors (Lipinski definition) is 0. The molecule has 0 unspecified atom stereocenters. The molecule has 0 spiro atoms. The number of aromatic nitrogens is 4. The summed E-state index contributed by atoms with van der Waals surface area (Å²) in [6.07, 6.45) is 9.32. The Bertz CT molecular complexity index is 5850. The van der Waals surface area contributed by atoms with Crippen molar-refractivity contribution in [3.63, 3.8) is 0 Å². The van der Waals surface area contributed by atoms with E-state index in [0.717, 1.165) is 50.8 Å². The van der Waals surface area contributed by atoms with Gasteiger partial charge in [0.2, 0.25) is 22.8 Å². The largest absolute Gasteiger partial charge is 0.212 e. The summed E-state index contributed by atoms with van der Waals surface area (Å²) in [5.74, 6) is 0.411. The molecule has 4 aromatic heterocycles. The minimum atomic E-state index is -2.48. The van der Waals surface area contributed by atoms with E-state index in [0.29, 0.717) is 67.2 Å². The Morgan fingerprint density at radius 3 is 1.06 bits per heavy atom. The molecule has 2 fully saturated rings. The van der Waals surface area contributed by atoms with Crippen molar-refractivity contribution in [2.24, 2.45) is 56.8 Å². The highest BCUT2D eigenvalue weighted by Crippen LogP contribution is 2.40. The van der Waals surface area contributed by atoms with Crippen molar-refractivity contribution in [2.75, 3.05) is 0 Å². The minimum absolute atomic E-state index is 0.0301. The van der Waals surface area contributed by atoms with Crippen molar-refractivity contribution in [1.82, 2.24) is 0 Å². The van der Waals surface area contributed by atoms with Gasteiger partial charge in [-0.2, -0.15) is 0 Å². The number of aryl methyl sites for hydroxylation is 12. The van der Waals surface area contributed by atoms with Crippen LogP contribution in [0, 0.1) is 83.7 Å². The van der Waals surface area contributed by atoms with Crippen LogP contribution in [0.25, 0.3) is 78.4 Å². The van der Waals surface area contributed by atoms with Crippen LogP contribution in [0.3, 0.4) is 0 Å². The third-order valence-electron chi connectivity index (χ3n) is 20.7. The molecule has 576 valence electrons. The van der Waals surface area contributed by atoms with E-state index in [1.54, 1.807) is 108 Å². The smallest absolute Gasteiger partial charge is 0.201 e. The van der Waals surface area contributed by atoms with E-state index >= 15 is 0 Å². The molecule has 110 heavy (non-hydrogen) atoms. The second kappa shape index (κ2) is 37.0. The lowest BCUT2D eigenvalue weighted by Crippen LogP contribution is -2.33. The molecule has 0 amide bonds. The Kier molecular flexibility index (Phi) is 19.5. The van der Waals surface area contributed by atoms with E-state index in [2.05, 4.69) is 55.1 Å². The fourth-order valence-electron chi connectivity index (χ4n) is 15.5. The lowest BCUT2D eigenvalue weighted by Gasteiger charge is -2.24. The van der Waals surface area contributed by atoms with Crippen molar-refractivity contribution in [3.8, 4) is 78.4 Å². The van der Waals surface area contributed by atoms with Crippen LogP contribution in [0.15, 0.2) is 201 Å². The Balaban J connectivity index is 0.000000184. The van der Waals surface area contributed by atoms with Crippen LogP contribution >= 0.6 is 0 Å². The lowest BCUT2D eigenvalue weighted by atomic mass is 9.81. The number of pyridine rings is 4. The van der Waals surface area contributed by atoms with E-state index in [9.17, 15) is 0 Å². The topological polar surface area (TPSA) is 15.5 Å². The Morgan fingerprint density at radius 2 is 0.664 bits per heavy atom. The normalized spacial score (nSPS) is 17.4. The molecule has 0 saturated heterocycles. The van der Waals surface area contributed by atoms with E-state index in [4.69, 9.17) is 30.2 Å². The van der Waals surface area contributed by atoms with E-state index in [1.165, 1.54) is 79.9 Å². The average Bonchev–Trinajstić information content (AvgIpc) is 1.33. The van der Waals surface area contributed by atoms with E-state index in [-0.39, 0.29) is 39.7 Å². The van der Waals surface area contributed by atoms with Crippen molar-refractivity contribution in [3.05, 3.63) is 284 Å². The summed E-state index contributed by atoms with van der Waals surface area (Å²) >= 11 is 0. The molecule has 2 saturated carbocycles. The van der Waals surface area contributed by atoms with Crippen LogP contribution in [-0.4, -0.2) is 0 Å². The number of benzene rings is 7. The molecule has 11 aromatic rings. The molecule has 2 aliphatic carbocycles. The van der Waals surface area contributed by atoms with Gasteiger partial charge >= 0.3 is 0 Å². The number of nitrogens with zero attached hydrogens (tertiary/aromatic N) is 4. The fraction of sp³-hybridized carbons (Fsp3) is 0.415. The zero-order valence-corrected chi connectivity index (χ0v) is 69.4. The molecular formula is C106H136N4+4. The van der Waals surface area contributed by atoms with Gasteiger partial charge in [0.15, 0.2) is 24.8 Å². The Labute approximate surface area is 698 Å². The quantitative estimate of drug-likeness (QED) is 0.0808. The van der Waals surface area contributed by atoms with Gasteiger partial charge in [-0.25, -0.2) is 18.3 Å². The molecule has 2 aliphatic rings. The SMILES string of the molecule is Cc1cc(C2CCCC2)ccc1-c1ccc(C2CCCC2)c[n+]1C.[2H]C([2H])([2H])c1cc(C)c(-c2cc(C([2H])([2H])C(C)(C)C)c(C([2H])([2H])C(C)(C)C)c[n+]2C)cc1-c1ccccc1.[2H]C([2H])([2H])c1cc(C)c(-c2cc(C([2H])([2H])C(C)C)c(C([2H])([2H])C(C)C)c[n+]2C)cc1-c1ccccc1.[2H]C([2H])([2H])c1cc(C)c(-c2cc(C([2H])([2H])C(C)C)c(C([2H])([2H])[2H])c[n+]2C)cc1-c1ccccc1. The predicted molar refractivity (Wildman–Crippen MR) is 471 cm³/mol. The maximum Gasteiger partial charge on any atom is 0.212 e. The Morgan fingerprint density at radius 1 is 0.318 bits per heavy atom. The molecule has 4 nitrogen and oxygen atoms in total. The van der Waals surface area contributed by atoms with Crippen LogP contribution in [0.1, 0.15) is 260 Å². The zero-order valence-electron chi connectivity index (χ0n) is 91.4. The second-order valence-corrected chi connectivity index (χ2v) is 33.7. The minimum Gasteiger partial charge on any atom is -0.201 e. The summed E-state index contributed by atoms with van der Waals surface area (Å²) in [6, 6.07) is 55.6. The maximum atomic E-state index is 9.14. The van der Waals surface area contributed by atoms with Crippen molar-refractivity contribution in [1.29, 1.82) is 0 Å². The summed E-state index contributed by atoms with van der Waals surface area (Å²) in [7, 11) is 7.58. The van der Waals surface area contributed by atoms with Crippen LogP contribution in [0.4, 0.5) is 0 Å². The highest BCUT2D eigenvalue weighted by molar-refractivity contribution is 5.79. The third kappa shape index (κ3) is 21.8. The molecule has 0 aliphatic heterocycles. The summed E-state index contributed by atoms with van der Waals surface area (Å²) in [5.41, 5.74) is 18.4. The van der Waals surface area contributed by atoms with Gasteiger partial charge in [-0.15, -0.1) is 0 Å². The van der Waals surface area contributed by atoms with Gasteiger partial charge in [0.1, 0.15) is 28.2 Å². The van der Waals surface area contributed by atoms with Gasteiger partial charge in [0.25, 0.3) is 0 Å². The maximum absolute atomic E-state index is 9.14. The fourth-order valence-corrected chi connectivity index (χ4v) is 15.5. The summed E-state index contributed by atoms with van der Waals surface area (Å²) in [4.78, 5) is 0. The number of rotatable bonds is 17. The average molecular weight is 1490 g/mol. The monoisotopic (exact) mass is 1490 g/mol. The van der Waals surface area contributed by atoms with Crippen LogP contribution < -0.4 is 18.3 Å². The first kappa shape index (κ1) is 58.1. The summed E-state index contributed by atoms with van der Waals surface area (Å²) in [6.45, 7) is 20.0. The zero-order chi connectivity index (χ0) is 98.4. The van der Waals surface area contributed by atoms with Gasteiger partial charge in [0, 0.05) is 98.9 Å². The van der Waals surface area contributed by atoms with Crippen molar-refractivity contribution in [2.45, 2.75) is 233 Å². The van der Waals surface area contributed by atoms with Gasteiger partial charge in [-0.05, 0) is 278 Å². The first-order valence-corrected chi connectivity index (χ1v) is 39.7. The van der Waals surface area contributed by atoms with Crippen LogP contribution in [0.5, 0.6) is 0 Å². The highest BCUT2D eigenvalue weighted by atomic mass is 14.9.